The Morgan fingerprint density at radius 1 is 1.32 bits per heavy atom. The van der Waals surface area contributed by atoms with Crippen LogP contribution in [0.4, 0.5) is 5.82 Å². The molecule has 1 aromatic heterocycles. The molecule has 1 aromatic rings. The van der Waals surface area contributed by atoms with Gasteiger partial charge in [-0.25, -0.2) is 9.98 Å². The maximum absolute atomic E-state index is 11.6. The zero-order valence-corrected chi connectivity index (χ0v) is 17.2. The predicted molar refractivity (Wildman–Crippen MR) is 113 cm³/mol. The fraction of sp³-hybridized carbons (Fsp3) is 0.667. The molecule has 3 rings (SSSR count). The maximum Gasteiger partial charge on any atom is 0.222 e. The molecule has 0 radical (unpaired) electrons. The Morgan fingerprint density at radius 3 is 2.89 bits per heavy atom. The van der Waals surface area contributed by atoms with Gasteiger partial charge < -0.3 is 20.9 Å². The number of carbonyl (C=O) groups excluding carboxylic acids is 1. The van der Waals surface area contributed by atoms with Gasteiger partial charge in [0.25, 0.3) is 0 Å². The lowest BCUT2D eigenvalue weighted by molar-refractivity contribution is -0.122. The first kappa shape index (κ1) is 20.4. The van der Waals surface area contributed by atoms with Gasteiger partial charge in [0.1, 0.15) is 5.82 Å². The summed E-state index contributed by atoms with van der Waals surface area (Å²) in [6.07, 6.45) is 6.14. The van der Waals surface area contributed by atoms with Gasteiger partial charge in [-0.15, -0.1) is 0 Å². The number of hydrogen-bond acceptors (Lipinski definition) is 4. The van der Waals surface area contributed by atoms with Gasteiger partial charge in [0, 0.05) is 44.5 Å². The van der Waals surface area contributed by atoms with E-state index < -0.39 is 0 Å². The molecule has 0 saturated carbocycles. The van der Waals surface area contributed by atoms with E-state index in [0.717, 1.165) is 56.4 Å². The Balaban J connectivity index is 1.76. The number of carbonyl (C=O) groups is 1. The van der Waals surface area contributed by atoms with E-state index in [9.17, 15) is 4.79 Å². The van der Waals surface area contributed by atoms with Crippen molar-refractivity contribution in [2.45, 2.75) is 46.1 Å². The quantitative estimate of drug-likeness (QED) is 0.597. The van der Waals surface area contributed by atoms with E-state index >= 15 is 0 Å². The summed E-state index contributed by atoms with van der Waals surface area (Å²) < 4.78 is 0. The number of piperidine rings is 2. The van der Waals surface area contributed by atoms with E-state index in [1.54, 1.807) is 0 Å². The summed E-state index contributed by atoms with van der Waals surface area (Å²) in [5.74, 6) is 2.30. The van der Waals surface area contributed by atoms with E-state index in [0.29, 0.717) is 19.0 Å². The third-order valence-electron chi connectivity index (χ3n) is 5.68. The second-order valence-corrected chi connectivity index (χ2v) is 8.04. The normalized spacial score (nSPS) is 23.6. The van der Waals surface area contributed by atoms with Crippen molar-refractivity contribution in [3.63, 3.8) is 0 Å². The molecule has 2 unspecified atom stereocenters. The molecule has 7 heteroatoms. The average molecular weight is 387 g/mol. The Morgan fingerprint density at radius 2 is 2.14 bits per heavy atom. The number of pyridine rings is 1. The minimum absolute atomic E-state index is 0.0979. The molecule has 7 nitrogen and oxygen atoms in total. The van der Waals surface area contributed by atoms with Crippen molar-refractivity contribution < 1.29 is 4.79 Å². The molecule has 0 aromatic carbocycles. The van der Waals surface area contributed by atoms with Crippen molar-refractivity contribution in [3.05, 3.63) is 23.9 Å². The Bertz CT molecular complexity index is 691. The van der Waals surface area contributed by atoms with Crippen LogP contribution >= 0.6 is 0 Å². The molecule has 154 valence electrons. The minimum Gasteiger partial charge on any atom is -0.369 e. The number of primary amides is 1. The first-order chi connectivity index (χ1) is 13.6. The molecule has 3 heterocycles. The van der Waals surface area contributed by atoms with Crippen LogP contribution in [0.2, 0.25) is 0 Å². The molecule has 1 amide bonds. The number of aliphatic imine (C=N–C) groups is 1. The van der Waals surface area contributed by atoms with E-state index in [4.69, 9.17) is 10.7 Å². The van der Waals surface area contributed by atoms with Gasteiger partial charge in [-0.1, -0.05) is 13.0 Å². The highest BCUT2D eigenvalue weighted by Crippen LogP contribution is 2.25. The van der Waals surface area contributed by atoms with Crippen LogP contribution < -0.4 is 16.0 Å². The minimum atomic E-state index is -0.214. The molecule has 2 aliphatic heterocycles. The third kappa shape index (κ3) is 5.14. The SMILES string of the molecule is CCNC(=NCc1cccnc1N1CCCC(C(N)=O)C1)N1CCCC(C)C1. The Kier molecular flexibility index (Phi) is 7.12. The number of hydrogen-bond donors (Lipinski definition) is 2. The lowest BCUT2D eigenvalue weighted by Crippen LogP contribution is -2.46. The van der Waals surface area contributed by atoms with Gasteiger partial charge >= 0.3 is 0 Å². The highest BCUT2D eigenvalue weighted by molar-refractivity contribution is 5.80. The standard InChI is InChI=1S/C21H34N6O/c1-3-23-21(27-12-5-7-16(2)14-27)25-13-17-8-4-10-24-20(17)26-11-6-9-18(15-26)19(22)28/h4,8,10,16,18H,3,5-7,9,11-15H2,1-2H3,(H2,22,28)(H,23,25). The monoisotopic (exact) mass is 386 g/mol. The number of nitrogens with one attached hydrogen (secondary N) is 1. The lowest BCUT2D eigenvalue weighted by Gasteiger charge is -2.34. The molecule has 0 spiro atoms. The summed E-state index contributed by atoms with van der Waals surface area (Å²) in [6, 6.07) is 4.04. The number of guanidine groups is 1. The summed E-state index contributed by atoms with van der Waals surface area (Å²) >= 11 is 0. The second-order valence-electron chi connectivity index (χ2n) is 8.04. The maximum atomic E-state index is 11.6. The van der Waals surface area contributed by atoms with Crippen LogP contribution in [0.1, 0.15) is 45.1 Å². The Labute approximate surface area is 168 Å². The number of nitrogens with two attached hydrogens (primary N) is 1. The van der Waals surface area contributed by atoms with Crippen LogP contribution in [0.25, 0.3) is 0 Å². The molecule has 2 atom stereocenters. The first-order valence-electron chi connectivity index (χ1n) is 10.6. The van der Waals surface area contributed by atoms with Crippen molar-refractivity contribution in [3.8, 4) is 0 Å². The van der Waals surface area contributed by atoms with Gasteiger partial charge in [0.2, 0.25) is 5.91 Å². The summed E-state index contributed by atoms with van der Waals surface area (Å²) in [5, 5.41) is 3.44. The summed E-state index contributed by atoms with van der Waals surface area (Å²) in [7, 11) is 0. The number of aromatic nitrogens is 1. The molecule has 28 heavy (non-hydrogen) atoms. The molecule has 2 saturated heterocycles. The first-order valence-corrected chi connectivity index (χ1v) is 10.6. The molecule has 0 bridgehead atoms. The number of anilines is 1. The molecule has 3 N–H and O–H groups in total. The molecule has 0 aliphatic carbocycles. The average Bonchev–Trinajstić information content (AvgIpc) is 2.71. The van der Waals surface area contributed by atoms with Crippen molar-refractivity contribution in [1.29, 1.82) is 0 Å². The van der Waals surface area contributed by atoms with Crippen molar-refractivity contribution in [2.24, 2.45) is 22.6 Å². The zero-order chi connectivity index (χ0) is 19.9. The van der Waals surface area contributed by atoms with Crippen molar-refractivity contribution >= 4 is 17.7 Å². The zero-order valence-electron chi connectivity index (χ0n) is 17.2. The number of likely N-dealkylation sites (tertiary alicyclic amines) is 1. The van der Waals surface area contributed by atoms with E-state index in [1.807, 2.05) is 12.3 Å². The highest BCUT2D eigenvalue weighted by atomic mass is 16.1. The van der Waals surface area contributed by atoms with Gasteiger partial charge in [-0.05, 0) is 44.6 Å². The Hall–Kier alpha value is -2.31. The van der Waals surface area contributed by atoms with Crippen LogP contribution in [0.3, 0.4) is 0 Å². The van der Waals surface area contributed by atoms with Gasteiger partial charge in [-0.3, -0.25) is 4.79 Å². The van der Waals surface area contributed by atoms with Crippen LogP contribution in [0.15, 0.2) is 23.3 Å². The van der Waals surface area contributed by atoms with E-state index in [1.165, 1.54) is 12.8 Å². The largest absolute Gasteiger partial charge is 0.369 e. The molecular weight excluding hydrogens is 352 g/mol. The predicted octanol–water partition coefficient (Wildman–Crippen LogP) is 1.98. The van der Waals surface area contributed by atoms with Crippen LogP contribution in [0, 0.1) is 11.8 Å². The van der Waals surface area contributed by atoms with Crippen LogP contribution in [0.5, 0.6) is 0 Å². The fourth-order valence-electron chi connectivity index (χ4n) is 4.21. The summed E-state index contributed by atoms with van der Waals surface area (Å²) in [4.78, 5) is 25.8. The van der Waals surface area contributed by atoms with Crippen molar-refractivity contribution in [2.75, 3.05) is 37.6 Å². The van der Waals surface area contributed by atoms with E-state index in [2.05, 4.69) is 40.0 Å². The van der Waals surface area contributed by atoms with Crippen LogP contribution in [-0.2, 0) is 11.3 Å². The fourth-order valence-corrected chi connectivity index (χ4v) is 4.21. The summed E-state index contributed by atoms with van der Waals surface area (Å²) in [6.45, 7) is 9.51. The molecule has 2 aliphatic rings. The third-order valence-corrected chi connectivity index (χ3v) is 5.68. The smallest absolute Gasteiger partial charge is 0.222 e. The van der Waals surface area contributed by atoms with Gasteiger partial charge in [-0.2, -0.15) is 0 Å². The summed E-state index contributed by atoms with van der Waals surface area (Å²) in [5.41, 5.74) is 6.64. The topological polar surface area (TPSA) is 86.9 Å². The lowest BCUT2D eigenvalue weighted by atomic mass is 9.97. The number of nitrogens with zero attached hydrogens (tertiary/aromatic N) is 4. The van der Waals surface area contributed by atoms with E-state index in [-0.39, 0.29) is 11.8 Å². The molecular formula is C21H34N6O. The van der Waals surface area contributed by atoms with Crippen LogP contribution in [-0.4, -0.2) is 54.5 Å². The second kappa shape index (κ2) is 9.75. The van der Waals surface area contributed by atoms with Gasteiger partial charge in [0.05, 0.1) is 12.5 Å². The highest BCUT2D eigenvalue weighted by Gasteiger charge is 2.26. The number of rotatable bonds is 5. The van der Waals surface area contributed by atoms with Gasteiger partial charge in [0.15, 0.2) is 5.96 Å². The number of amides is 1. The molecule has 2 fully saturated rings. The van der Waals surface area contributed by atoms with Crippen molar-refractivity contribution in [1.82, 2.24) is 15.2 Å².